The largest absolute Gasteiger partial charge is 0.364 e. The first-order valence-electron chi connectivity index (χ1n) is 32.5. The van der Waals surface area contributed by atoms with Gasteiger partial charge < -0.3 is 20.0 Å². The maximum Gasteiger partial charge on any atom is 0.196 e. The molecule has 0 bridgehead atoms. The van der Waals surface area contributed by atoms with Crippen LogP contribution >= 0.6 is 164 Å². The number of halogens is 5. The Morgan fingerprint density at radius 1 is 0.519 bits per heavy atom. The molecule has 0 radical (unpaired) electrons. The Balaban J connectivity index is 0.000000209. The summed E-state index contributed by atoms with van der Waals surface area (Å²) < 4.78 is 1.08. The molecule has 14 rings (SSSR count). The highest BCUT2D eigenvalue weighted by Gasteiger charge is 2.32. The summed E-state index contributed by atoms with van der Waals surface area (Å²) in [5.74, 6) is 9.74. The number of hydrogen-bond acceptors (Lipinski definition) is 21. The quantitative estimate of drug-likeness (QED) is 0.0188. The lowest BCUT2D eigenvalue weighted by atomic mass is 9.90. The number of allylic oxidation sites excluding steroid dienone is 2. The van der Waals surface area contributed by atoms with Gasteiger partial charge in [0, 0.05) is 202 Å². The molecule has 0 aliphatic carbocycles. The highest BCUT2D eigenvalue weighted by atomic mass is 127. The number of ketones is 3. The van der Waals surface area contributed by atoms with Gasteiger partial charge >= 0.3 is 0 Å². The number of alkyl halides is 1. The number of nitrogens with one attached hydrogen (secondary N) is 4. The summed E-state index contributed by atoms with van der Waals surface area (Å²) in [7, 11) is 0. The predicted octanol–water partition coefficient (Wildman–Crippen LogP) is 20.7. The van der Waals surface area contributed by atoms with Gasteiger partial charge in [0.2, 0.25) is 0 Å². The van der Waals surface area contributed by atoms with Gasteiger partial charge in [-0.25, -0.2) is 11.1 Å². The minimum Gasteiger partial charge on any atom is -0.364 e. The van der Waals surface area contributed by atoms with Gasteiger partial charge in [0.15, 0.2) is 23.2 Å². The number of benzene rings is 4. The highest BCUT2D eigenvalue weighted by Crippen LogP contribution is 2.48. The van der Waals surface area contributed by atoms with Crippen LogP contribution in [0, 0.1) is 11.1 Å². The summed E-state index contributed by atoms with van der Waals surface area (Å²) in [6.07, 6.45) is 16.0. The minimum absolute atomic E-state index is 0. The van der Waals surface area contributed by atoms with Crippen molar-refractivity contribution in [2.45, 2.75) is 13.3 Å². The van der Waals surface area contributed by atoms with E-state index in [1.54, 1.807) is 145 Å². The van der Waals surface area contributed by atoms with Crippen LogP contribution in [0.1, 0.15) is 62.5 Å². The molecule has 15 nitrogen and oxygen atoms in total. The molecule has 0 amide bonds. The zero-order chi connectivity index (χ0) is 73.1. The zero-order valence-electron chi connectivity index (χ0n) is 56.5. The first-order valence-corrected chi connectivity index (χ1v) is 44.4. The van der Waals surface area contributed by atoms with Crippen molar-refractivity contribution >= 4 is 203 Å². The second-order valence-corrected chi connectivity index (χ2v) is 32.7. The zero-order valence-corrected chi connectivity index (χ0v) is 68.2. The predicted molar refractivity (Wildman–Crippen MR) is 467 cm³/mol. The van der Waals surface area contributed by atoms with E-state index in [4.69, 9.17) is 69.7 Å². The standard InChI is InChI=1S/C19H19ClN2OS2.C18H17ClN4S.C18H17ClN2OS2.C15H10ClNOS2.C4H9NS.CH3I.CH4.H2N2.H2/c1-24-19(22-10-12-25-13-11-22)17(14-6-8-21-9-7-14)18(23)15-2-4-16(20)5-3-15;19-15-3-1-14(2-4-15)17-16(13-5-7-20-8-6-13)18(22-21-17)23-9-11-24-12-10-23;19-15-3-1-14(2-4-15)17(22)16(13-5-7-20-8-6-13)18(23)21-9-11-24-12-10-21;16-12-3-1-11(2-4-12)14(18)13(15-19-9-20-15)10-5-7-17-8-6-10;1-3-6-4-2-5-1;1-2;;1-2;/h2-9H,10-13H2,1H3;1-8H,9-12H2,(H,21,22);1-8,16H,9-12H2;1-8H,9H2;5H,1-4H2;1H3;1H4;1-2H;1H/b19-17-;;;;;;;;. The molecule has 10 heterocycles. The Morgan fingerprint density at radius 2 is 0.933 bits per heavy atom. The second-order valence-electron chi connectivity index (χ2n) is 22.2. The van der Waals surface area contributed by atoms with Crippen LogP contribution in [-0.2, 0) is 0 Å². The molecular formula is C76H83Cl4IN12O3S8. The van der Waals surface area contributed by atoms with Gasteiger partial charge in [-0.05, 0) is 167 Å². The number of aromatic amines is 1. The number of Topliss-reactive ketones (excluding diaryl/α,β-unsaturated/α-hetero) is 3. The third-order valence-corrected chi connectivity index (χ3v) is 24.6. The average molecular weight is 1740 g/mol. The fraction of sp³-hybridized carbons (Fsp3) is 0.276. The Morgan fingerprint density at radius 3 is 1.38 bits per heavy atom. The van der Waals surface area contributed by atoms with E-state index >= 15 is 0 Å². The van der Waals surface area contributed by atoms with E-state index in [0.29, 0.717) is 36.7 Å². The van der Waals surface area contributed by atoms with Gasteiger partial charge in [-0.1, -0.05) is 101 Å². The number of carbonyl (C=O) groups is 3. The summed E-state index contributed by atoms with van der Waals surface area (Å²) >= 11 is 44.7. The molecule has 104 heavy (non-hydrogen) atoms. The van der Waals surface area contributed by atoms with E-state index in [2.05, 4.69) is 72.7 Å². The van der Waals surface area contributed by atoms with Crippen molar-refractivity contribution in [2.24, 2.45) is 0 Å². The van der Waals surface area contributed by atoms with E-state index in [-0.39, 0.29) is 26.2 Å². The van der Waals surface area contributed by atoms with Crippen molar-refractivity contribution in [2.75, 3.05) is 120 Å². The normalized spacial score (nSPS) is 15.0. The number of nitrogens with zero attached hydrogens (tertiary/aromatic N) is 8. The SMILES string of the molecule is C.C1CSCCN1.CI.CS/C(=C(\C(=O)c1ccc(Cl)cc1)c1ccncc1)N1CCSCC1.Clc1ccc(-c2[nH]nc(N3CCSCC3)c2-c2ccncc2)cc1.N=N.O=C(C(=C1SCS1)c1ccncc1)c1ccc(Cl)cc1.O=C(c1ccc(Cl)cc1)C(C(=S)N1CCSCC1)c1ccncc1.[HH]. The molecule has 548 valence electrons. The van der Waals surface area contributed by atoms with Gasteiger partial charge in [0.05, 0.1) is 37.0 Å². The molecular weight excluding hydrogens is 1650 g/mol. The Kier molecular flexibility index (Phi) is 39.1. The van der Waals surface area contributed by atoms with Crippen molar-refractivity contribution in [3.63, 3.8) is 0 Å². The third-order valence-electron chi connectivity index (χ3n) is 15.9. The number of carbonyl (C=O) groups excluding carboxylic acids is 3. The monoisotopic (exact) mass is 1730 g/mol. The van der Waals surface area contributed by atoms with Gasteiger partial charge in [-0.2, -0.15) is 52.1 Å². The summed E-state index contributed by atoms with van der Waals surface area (Å²) in [4.78, 5) is 65.0. The topological polar surface area (TPSA) is 201 Å². The van der Waals surface area contributed by atoms with Crippen molar-refractivity contribution < 1.29 is 15.8 Å². The van der Waals surface area contributed by atoms with E-state index in [9.17, 15) is 14.4 Å². The van der Waals surface area contributed by atoms with E-state index in [1.165, 1.54) is 24.6 Å². The van der Waals surface area contributed by atoms with Gasteiger partial charge in [-0.3, -0.25) is 39.4 Å². The highest BCUT2D eigenvalue weighted by molar-refractivity contribution is 14.1. The van der Waals surface area contributed by atoms with Crippen LogP contribution < -0.4 is 10.2 Å². The number of thiocarbonyl (C=S) groups is 1. The molecule has 1 unspecified atom stereocenters. The summed E-state index contributed by atoms with van der Waals surface area (Å²) in [5.41, 5.74) is 20.5. The summed E-state index contributed by atoms with van der Waals surface area (Å²) in [6.45, 7) is 8.17. The number of thioether (sulfide) groups is 7. The molecule has 1 atom stereocenters. The van der Waals surface area contributed by atoms with Crippen molar-refractivity contribution in [3.05, 3.63) is 258 Å². The molecule has 0 saturated carbocycles. The van der Waals surface area contributed by atoms with Gasteiger partial charge in [-0.15, -0.1) is 35.3 Å². The first-order chi connectivity index (χ1) is 50.4. The van der Waals surface area contributed by atoms with E-state index in [0.717, 1.165) is 149 Å². The maximum atomic E-state index is 13.3. The average Bonchev–Trinajstić information content (AvgIpc) is 1.63. The molecule has 4 aromatic carbocycles. The van der Waals surface area contributed by atoms with E-state index < -0.39 is 5.92 Å². The van der Waals surface area contributed by atoms with Crippen LogP contribution in [-0.4, -0.2) is 177 Å². The Labute approximate surface area is 681 Å². The number of hydrogen-bond donors (Lipinski definition) is 4. The number of aromatic nitrogens is 6. The molecule has 5 fully saturated rings. The van der Waals surface area contributed by atoms with Gasteiger partial charge in [0.1, 0.15) is 0 Å². The van der Waals surface area contributed by atoms with Crippen LogP contribution in [0.2, 0.25) is 20.1 Å². The lowest BCUT2D eigenvalue weighted by Gasteiger charge is -2.32. The number of pyridine rings is 4. The molecule has 5 saturated heterocycles. The summed E-state index contributed by atoms with van der Waals surface area (Å²) in [6, 6.07) is 44.3. The van der Waals surface area contributed by atoms with Crippen LogP contribution in [0.15, 0.2) is 204 Å². The molecule has 5 aliphatic rings. The Hall–Kier alpha value is -5.43. The van der Waals surface area contributed by atoms with Crippen molar-refractivity contribution in [1.29, 1.82) is 11.1 Å². The third kappa shape index (κ3) is 25.6. The van der Waals surface area contributed by atoms with Crippen molar-refractivity contribution in [3.8, 4) is 22.4 Å². The molecule has 0 spiro atoms. The van der Waals surface area contributed by atoms with Gasteiger partial charge in [0.25, 0.3) is 0 Å². The Bertz CT molecular complexity index is 4140. The van der Waals surface area contributed by atoms with Crippen LogP contribution in [0.4, 0.5) is 5.82 Å². The fourth-order valence-electron chi connectivity index (χ4n) is 10.8. The molecule has 9 aromatic rings. The molecule has 5 aliphatic heterocycles. The number of rotatable bonds is 15. The van der Waals surface area contributed by atoms with E-state index in [1.807, 2.05) is 143 Å². The van der Waals surface area contributed by atoms with Crippen LogP contribution in [0.3, 0.4) is 0 Å². The second kappa shape index (κ2) is 47.4. The van der Waals surface area contributed by atoms with Crippen molar-refractivity contribution in [1.82, 2.24) is 45.2 Å². The fourth-order valence-corrected chi connectivity index (χ4v) is 17.7. The number of anilines is 1. The maximum absolute atomic E-state index is 13.3. The lowest BCUT2D eigenvalue weighted by molar-refractivity contribution is 0.0978. The van der Waals surface area contributed by atoms with Crippen LogP contribution in [0.25, 0.3) is 33.5 Å². The number of H-pyrrole nitrogens is 1. The van der Waals surface area contributed by atoms with Crippen LogP contribution in [0.5, 0.6) is 0 Å². The first kappa shape index (κ1) is 85.8. The summed E-state index contributed by atoms with van der Waals surface area (Å²) in [5, 5.41) is 15.8. The minimum atomic E-state index is -0.465. The molecule has 28 heteroatoms. The molecule has 5 aromatic heterocycles. The molecule has 4 N–H and O–H groups in total. The smallest absolute Gasteiger partial charge is 0.196 e. The lowest BCUT2D eigenvalue weighted by Crippen LogP contribution is -2.41.